The van der Waals surface area contributed by atoms with Gasteiger partial charge in [0, 0.05) is 29.4 Å². The largest absolute Gasteiger partial charge is 0.464 e. The average molecular weight is 496 g/mol. The number of carbonyl (C=O) groups is 2. The van der Waals surface area contributed by atoms with Gasteiger partial charge in [-0.1, -0.05) is 70.7 Å². The third kappa shape index (κ3) is 5.35. The Morgan fingerprint density at radius 2 is 1.96 bits per heavy atom. The maximum Gasteiger partial charge on any atom is 0.407 e. The number of nitrogens with one attached hydrogen (secondary N) is 2. The Bertz CT molecular complexity index is 763. The molecule has 1 aromatic rings. The van der Waals surface area contributed by atoms with Crippen molar-refractivity contribution in [1.29, 1.82) is 0 Å². The van der Waals surface area contributed by atoms with Crippen molar-refractivity contribution < 1.29 is 19.1 Å². The smallest absolute Gasteiger partial charge is 0.407 e. The lowest BCUT2D eigenvalue weighted by Crippen LogP contribution is -2.35. The molecule has 0 bridgehead atoms. The normalized spacial score (nSPS) is 19.4. The van der Waals surface area contributed by atoms with Gasteiger partial charge in [0.2, 0.25) is 0 Å². The Labute approximate surface area is 178 Å². The Morgan fingerprint density at radius 1 is 1.14 bits per heavy atom. The summed E-state index contributed by atoms with van der Waals surface area (Å²) in [5.74, 6) is 0.222. The topological polar surface area (TPSA) is 76.7 Å². The van der Waals surface area contributed by atoms with Gasteiger partial charge in [-0.25, -0.2) is 4.79 Å². The summed E-state index contributed by atoms with van der Waals surface area (Å²) in [6.07, 6.45) is 6.98. The summed E-state index contributed by atoms with van der Waals surface area (Å²) in [5.41, 5.74) is 3.91. The molecular weight excluding hydrogens is 471 g/mol. The van der Waals surface area contributed by atoms with Gasteiger partial charge in [-0.15, -0.1) is 0 Å². The molecule has 0 aliphatic heterocycles. The molecule has 6 nitrogen and oxygen atoms in total. The minimum Gasteiger partial charge on any atom is -0.464 e. The minimum absolute atomic E-state index is 0.114. The van der Waals surface area contributed by atoms with Crippen molar-refractivity contribution in [3.05, 3.63) is 59.2 Å². The van der Waals surface area contributed by atoms with Crippen LogP contribution >= 0.6 is 22.6 Å². The van der Waals surface area contributed by atoms with Gasteiger partial charge in [-0.2, -0.15) is 0 Å². The highest BCUT2D eigenvalue weighted by molar-refractivity contribution is 14.1. The SMILES string of the molecule is O=C(CNCCNC(=O)OCC1C2=CC=CCC2c2ccccc21)OCCI. The first-order valence-corrected chi connectivity index (χ1v) is 11.0. The van der Waals surface area contributed by atoms with Gasteiger partial charge in [0.05, 0.1) is 6.54 Å². The number of ether oxygens (including phenoxy) is 2. The summed E-state index contributed by atoms with van der Waals surface area (Å²) in [5, 5.41) is 5.64. The van der Waals surface area contributed by atoms with Crippen molar-refractivity contribution in [3.8, 4) is 0 Å². The van der Waals surface area contributed by atoms with Crippen molar-refractivity contribution in [2.45, 2.75) is 18.3 Å². The second-order valence-corrected chi connectivity index (χ2v) is 7.75. The van der Waals surface area contributed by atoms with E-state index in [0.29, 0.717) is 32.2 Å². The zero-order chi connectivity index (χ0) is 19.8. The molecule has 28 heavy (non-hydrogen) atoms. The maximum atomic E-state index is 12.0. The van der Waals surface area contributed by atoms with Crippen LogP contribution in [-0.2, 0) is 14.3 Å². The summed E-state index contributed by atoms with van der Waals surface area (Å²) >= 11 is 2.15. The third-order valence-corrected chi connectivity index (χ3v) is 5.35. The number of alkyl halides is 1. The third-order valence-electron chi connectivity index (χ3n) is 4.91. The number of esters is 1. The number of halogens is 1. The quantitative estimate of drug-likeness (QED) is 0.238. The molecule has 0 heterocycles. The Balaban J connectivity index is 1.40. The second-order valence-electron chi connectivity index (χ2n) is 6.68. The van der Waals surface area contributed by atoms with Crippen LogP contribution in [0.4, 0.5) is 4.79 Å². The van der Waals surface area contributed by atoms with E-state index >= 15 is 0 Å². The minimum atomic E-state index is -0.442. The number of hydrogen-bond acceptors (Lipinski definition) is 5. The molecule has 3 rings (SSSR count). The Kier molecular flexibility index (Phi) is 7.90. The van der Waals surface area contributed by atoms with Crippen LogP contribution in [0.3, 0.4) is 0 Å². The zero-order valence-corrected chi connectivity index (χ0v) is 17.8. The van der Waals surface area contributed by atoms with Crippen LogP contribution in [0.1, 0.15) is 29.4 Å². The number of allylic oxidation sites excluding steroid dienone is 3. The number of hydrogen-bond donors (Lipinski definition) is 2. The summed E-state index contributed by atoms with van der Waals surface area (Å²) in [6, 6.07) is 8.40. The van der Waals surface area contributed by atoms with E-state index in [4.69, 9.17) is 9.47 Å². The van der Waals surface area contributed by atoms with Gasteiger partial charge in [0.15, 0.2) is 0 Å². The van der Waals surface area contributed by atoms with Gasteiger partial charge < -0.3 is 20.1 Å². The molecule has 1 aromatic carbocycles. The molecule has 0 saturated carbocycles. The fraction of sp³-hybridized carbons (Fsp3) is 0.429. The van der Waals surface area contributed by atoms with Crippen LogP contribution < -0.4 is 10.6 Å². The van der Waals surface area contributed by atoms with E-state index in [1.807, 2.05) is 6.07 Å². The fourth-order valence-corrected chi connectivity index (χ4v) is 3.90. The first kappa shape index (κ1) is 20.9. The molecule has 2 atom stereocenters. The monoisotopic (exact) mass is 496 g/mol. The number of amides is 1. The zero-order valence-electron chi connectivity index (χ0n) is 15.7. The predicted molar refractivity (Wildman–Crippen MR) is 116 cm³/mol. The van der Waals surface area contributed by atoms with Crippen LogP contribution in [0, 0.1) is 0 Å². The van der Waals surface area contributed by atoms with E-state index in [-0.39, 0.29) is 18.4 Å². The van der Waals surface area contributed by atoms with Crippen molar-refractivity contribution in [2.24, 2.45) is 0 Å². The summed E-state index contributed by atoms with van der Waals surface area (Å²) in [4.78, 5) is 23.4. The van der Waals surface area contributed by atoms with Crippen LogP contribution in [0.2, 0.25) is 0 Å². The molecule has 0 radical (unpaired) electrons. The average Bonchev–Trinajstić information content (AvgIpc) is 3.04. The standard InChI is InChI=1S/C21H25IN2O4/c22-9-12-27-20(25)13-23-10-11-24-21(26)28-14-19-17-7-3-1-5-15(17)16-6-2-4-8-18(16)19/h1-5,7-8,16,19,23H,6,9-14H2,(H,24,26). The van der Waals surface area contributed by atoms with Crippen molar-refractivity contribution in [1.82, 2.24) is 10.6 Å². The summed E-state index contributed by atoms with van der Waals surface area (Å²) < 4.78 is 11.2. The summed E-state index contributed by atoms with van der Waals surface area (Å²) in [7, 11) is 0. The number of rotatable bonds is 9. The number of carbonyl (C=O) groups excluding carboxylic acids is 2. The maximum absolute atomic E-state index is 12.0. The van der Waals surface area contributed by atoms with Crippen LogP contribution in [-0.4, -0.2) is 49.3 Å². The van der Waals surface area contributed by atoms with E-state index in [1.165, 1.54) is 16.7 Å². The van der Waals surface area contributed by atoms with E-state index in [0.717, 1.165) is 10.8 Å². The lowest BCUT2D eigenvalue weighted by Gasteiger charge is -2.19. The van der Waals surface area contributed by atoms with Gasteiger partial charge >= 0.3 is 12.1 Å². The molecular formula is C21H25IN2O4. The van der Waals surface area contributed by atoms with Gasteiger partial charge in [-0.05, 0) is 17.5 Å². The first-order chi connectivity index (χ1) is 13.7. The van der Waals surface area contributed by atoms with Crippen LogP contribution in [0.15, 0.2) is 48.1 Å². The van der Waals surface area contributed by atoms with Crippen molar-refractivity contribution in [2.75, 3.05) is 37.3 Å². The van der Waals surface area contributed by atoms with Crippen molar-refractivity contribution >= 4 is 34.7 Å². The molecule has 7 heteroatoms. The molecule has 2 N–H and O–H groups in total. The molecule has 0 spiro atoms. The molecule has 0 fully saturated rings. The second kappa shape index (κ2) is 10.6. The van der Waals surface area contributed by atoms with Crippen LogP contribution in [0.25, 0.3) is 0 Å². The molecule has 2 aliphatic carbocycles. The fourth-order valence-electron chi connectivity index (χ4n) is 3.68. The Hall–Kier alpha value is -1.87. The number of fused-ring (bicyclic) bond motifs is 3. The molecule has 150 valence electrons. The van der Waals surface area contributed by atoms with E-state index in [2.05, 4.69) is 69.7 Å². The van der Waals surface area contributed by atoms with Gasteiger partial charge in [0.1, 0.15) is 13.2 Å². The predicted octanol–water partition coefficient (Wildman–Crippen LogP) is 3.05. The van der Waals surface area contributed by atoms with Gasteiger partial charge in [-0.3, -0.25) is 4.79 Å². The number of alkyl carbamates (subject to hydrolysis) is 1. The Morgan fingerprint density at radius 3 is 2.79 bits per heavy atom. The summed E-state index contributed by atoms with van der Waals surface area (Å²) in [6.45, 7) is 1.74. The van der Waals surface area contributed by atoms with Gasteiger partial charge in [0.25, 0.3) is 0 Å². The van der Waals surface area contributed by atoms with E-state index in [9.17, 15) is 9.59 Å². The van der Waals surface area contributed by atoms with Crippen LogP contribution in [0.5, 0.6) is 0 Å². The first-order valence-electron chi connectivity index (χ1n) is 9.49. The highest BCUT2D eigenvalue weighted by atomic mass is 127. The molecule has 1 amide bonds. The lowest BCUT2D eigenvalue weighted by molar-refractivity contribution is -0.141. The lowest BCUT2D eigenvalue weighted by atomic mass is 9.88. The molecule has 2 aliphatic rings. The molecule has 0 aromatic heterocycles. The van der Waals surface area contributed by atoms with E-state index in [1.54, 1.807) is 0 Å². The molecule has 0 saturated heterocycles. The number of benzene rings is 1. The highest BCUT2D eigenvalue weighted by Crippen LogP contribution is 2.49. The van der Waals surface area contributed by atoms with E-state index < -0.39 is 6.09 Å². The molecule has 2 unspecified atom stereocenters. The highest BCUT2D eigenvalue weighted by Gasteiger charge is 2.36. The van der Waals surface area contributed by atoms with Crippen molar-refractivity contribution in [3.63, 3.8) is 0 Å².